The van der Waals surface area contributed by atoms with Gasteiger partial charge in [-0.25, -0.2) is 4.98 Å². The van der Waals surface area contributed by atoms with Crippen LogP contribution < -0.4 is 4.74 Å². The van der Waals surface area contributed by atoms with Crippen LogP contribution in [0.25, 0.3) is 77.3 Å². The van der Waals surface area contributed by atoms with Crippen molar-refractivity contribution in [2.45, 2.75) is 0 Å². The third kappa shape index (κ3) is 4.81. The molecule has 10 rings (SSSR count). The summed E-state index contributed by atoms with van der Waals surface area (Å²) in [7, 11) is 0. The van der Waals surface area contributed by atoms with Crippen LogP contribution in [0.3, 0.4) is 0 Å². The molecule has 0 amide bonds. The number of pyridine rings is 2. The summed E-state index contributed by atoms with van der Waals surface area (Å²) in [5, 5.41) is 5.30. The van der Waals surface area contributed by atoms with Gasteiger partial charge in [0.25, 0.3) is 0 Å². The Morgan fingerprint density at radius 1 is 0.520 bits per heavy atom. The number of nitrogens with zero attached hydrogens (tertiary/aromatic N) is 4. The molecule has 6 aromatic carbocycles. The molecule has 6 heteroatoms. The molecule has 4 aromatic heterocycles. The zero-order valence-corrected chi connectivity index (χ0v) is 28.8. The average Bonchev–Trinajstić information content (AvgIpc) is 3.76. The van der Waals surface area contributed by atoms with Crippen molar-refractivity contribution < 1.29 is 25.8 Å². The molecular formula is C44H26N4OPt. The first-order valence-corrected chi connectivity index (χ1v) is 16.2. The van der Waals surface area contributed by atoms with Crippen molar-refractivity contribution in [2.75, 3.05) is 0 Å². The quantitative estimate of drug-likeness (QED) is 0.128. The van der Waals surface area contributed by atoms with E-state index in [1.54, 1.807) is 0 Å². The van der Waals surface area contributed by atoms with E-state index in [1.807, 2.05) is 60.9 Å². The number of fused-ring (bicyclic) bond motifs is 9. The van der Waals surface area contributed by atoms with Crippen LogP contribution in [0.1, 0.15) is 0 Å². The zero-order valence-electron chi connectivity index (χ0n) is 26.5. The van der Waals surface area contributed by atoms with E-state index in [1.165, 1.54) is 5.56 Å². The van der Waals surface area contributed by atoms with Crippen molar-refractivity contribution >= 4 is 49.1 Å². The first kappa shape index (κ1) is 30.1. The fraction of sp³-hybridized carbons (Fsp3) is 0. The van der Waals surface area contributed by atoms with Crippen LogP contribution in [-0.2, 0) is 21.1 Å². The van der Waals surface area contributed by atoms with Gasteiger partial charge in [0.15, 0.2) is 0 Å². The van der Waals surface area contributed by atoms with E-state index >= 15 is 0 Å². The maximum atomic E-state index is 6.53. The Labute approximate surface area is 302 Å². The third-order valence-electron chi connectivity index (χ3n) is 9.26. The second kappa shape index (κ2) is 12.1. The number of rotatable bonds is 5. The minimum atomic E-state index is 0. The van der Waals surface area contributed by atoms with E-state index in [9.17, 15) is 0 Å². The summed E-state index contributed by atoms with van der Waals surface area (Å²) in [6.07, 6.45) is 3.77. The smallest absolute Gasteiger partial charge is 0.503 e. The van der Waals surface area contributed by atoms with E-state index in [2.05, 4.69) is 123 Å². The number of ether oxygens (including phenoxy) is 1. The summed E-state index contributed by atoms with van der Waals surface area (Å²) in [4.78, 5) is 9.65. The van der Waals surface area contributed by atoms with Crippen molar-refractivity contribution in [3.05, 3.63) is 170 Å². The number of imidazole rings is 1. The number of benzene rings is 6. The van der Waals surface area contributed by atoms with Gasteiger partial charge in [0, 0.05) is 34.9 Å². The molecule has 10 aromatic rings. The SMILES string of the molecule is [Pt+2].[c-]1c(Oc2[c-]c3c(cc2)c2ccccc2n3-c2ccccn2)ccc2c1c1ncc(-c3ccccc3)n1c1cc(-c3ccccc3)ccc21. The second-order valence-electron chi connectivity index (χ2n) is 12.1. The molecule has 0 aliphatic rings. The van der Waals surface area contributed by atoms with Crippen molar-refractivity contribution in [3.63, 3.8) is 0 Å². The van der Waals surface area contributed by atoms with Crippen molar-refractivity contribution in [1.29, 1.82) is 0 Å². The van der Waals surface area contributed by atoms with E-state index in [4.69, 9.17) is 9.72 Å². The van der Waals surface area contributed by atoms with Crippen molar-refractivity contribution in [2.24, 2.45) is 0 Å². The van der Waals surface area contributed by atoms with Gasteiger partial charge in [-0.1, -0.05) is 119 Å². The Kier molecular flexibility index (Phi) is 7.30. The topological polar surface area (TPSA) is 44.3 Å². The summed E-state index contributed by atoms with van der Waals surface area (Å²) < 4.78 is 10.9. The summed E-state index contributed by atoms with van der Waals surface area (Å²) in [6.45, 7) is 0. The monoisotopic (exact) mass is 821 g/mol. The van der Waals surface area contributed by atoms with E-state index in [0.29, 0.717) is 11.5 Å². The third-order valence-corrected chi connectivity index (χ3v) is 9.26. The molecule has 50 heavy (non-hydrogen) atoms. The molecule has 4 heterocycles. The maximum Gasteiger partial charge on any atom is 2.00 e. The fourth-order valence-electron chi connectivity index (χ4n) is 7.05. The predicted molar refractivity (Wildman–Crippen MR) is 197 cm³/mol. The molecule has 0 saturated heterocycles. The van der Waals surface area contributed by atoms with Crippen LogP contribution in [0.15, 0.2) is 158 Å². The largest absolute Gasteiger partial charge is 2.00 e. The molecular weight excluding hydrogens is 796 g/mol. The Hall–Kier alpha value is -6.03. The van der Waals surface area contributed by atoms with Crippen LogP contribution in [0.5, 0.6) is 11.5 Å². The second-order valence-corrected chi connectivity index (χ2v) is 12.1. The molecule has 0 bridgehead atoms. The molecule has 0 spiro atoms. The first-order chi connectivity index (χ1) is 24.3. The van der Waals surface area contributed by atoms with Gasteiger partial charge in [-0.3, -0.25) is 4.98 Å². The van der Waals surface area contributed by atoms with Gasteiger partial charge in [0.2, 0.25) is 0 Å². The van der Waals surface area contributed by atoms with Gasteiger partial charge in [-0.15, -0.1) is 29.7 Å². The number of hydrogen-bond acceptors (Lipinski definition) is 3. The normalized spacial score (nSPS) is 11.4. The molecule has 0 saturated carbocycles. The molecule has 0 N–H and O–H groups in total. The van der Waals surface area contributed by atoms with Crippen molar-refractivity contribution in [1.82, 2.24) is 18.9 Å². The molecule has 0 unspecified atom stereocenters. The van der Waals surface area contributed by atoms with Gasteiger partial charge in [-0.05, 0) is 51.7 Å². The Morgan fingerprint density at radius 2 is 1.20 bits per heavy atom. The summed E-state index contributed by atoms with van der Waals surface area (Å²) >= 11 is 0. The molecule has 0 fully saturated rings. The Bertz CT molecular complexity index is 2850. The van der Waals surface area contributed by atoms with Gasteiger partial charge in [0.1, 0.15) is 5.82 Å². The van der Waals surface area contributed by atoms with Gasteiger partial charge in [-0.2, -0.15) is 6.07 Å². The molecule has 0 aliphatic heterocycles. The molecule has 0 radical (unpaired) electrons. The van der Waals surface area contributed by atoms with E-state index in [-0.39, 0.29) is 21.1 Å². The zero-order chi connectivity index (χ0) is 32.3. The summed E-state index contributed by atoms with van der Waals surface area (Å²) in [5.41, 5.74) is 8.33. The average molecular weight is 822 g/mol. The standard InChI is InChI=1S/C44H26N4O.Pt/c1-3-11-29(12-4-1)31-18-21-36-34-22-19-32(26-38(34)44-46-28-42(48(44)40(36)25-31)30-13-5-2-6-14-30)49-33-20-23-37-35-15-7-8-16-39(35)47(41(37)27-33)43-17-9-10-24-45-43;/h1-25,28H;/q-2;+2. The molecule has 5 nitrogen and oxygen atoms in total. The number of aromatic nitrogens is 4. The Balaban J connectivity index is 0.00000336. The van der Waals surface area contributed by atoms with E-state index in [0.717, 1.165) is 71.8 Å². The number of para-hydroxylation sites is 1. The first-order valence-electron chi connectivity index (χ1n) is 16.2. The summed E-state index contributed by atoms with van der Waals surface area (Å²) in [6, 6.07) is 57.2. The number of hydrogen-bond donors (Lipinski definition) is 0. The molecule has 238 valence electrons. The molecule has 0 atom stereocenters. The fourth-order valence-corrected chi connectivity index (χ4v) is 7.05. The maximum absolute atomic E-state index is 6.53. The minimum Gasteiger partial charge on any atom is -0.503 e. The van der Waals surface area contributed by atoms with Crippen LogP contribution >= 0.6 is 0 Å². The summed E-state index contributed by atoms with van der Waals surface area (Å²) in [5.74, 6) is 2.02. The van der Waals surface area contributed by atoms with E-state index < -0.39 is 0 Å². The van der Waals surface area contributed by atoms with Gasteiger partial charge >= 0.3 is 21.1 Å². The van der Waals surface area contributed by atoms with Gasteiger partial charge in [0.05, 0.1) is 11.3 Å². The van der Waals surface area contributed by atoms with Gasteiger partial charge < -0.3 is 13.7 Å². The predicted octanol–water partition coefficient (Wildman–Crippen LogP) is 10.9. The van der Waals surface area contributed by atoms with Crippen LogP contribution in [0.2, 0.25) is 0 Å². The van der Waals surface area contributed by atoms with Crippen LogP contribution in [-0.4, -0.2) is 18.9 Å². The van der Waals surface area contributed by atoms with Crippen LogP contribution in [0.4, 0.5) is 0 Å². The minimum absolute atomic E-state index is 0. The van der Waals surface area contributed by atoms with Crippen molar-refractivity contribution in [3.8, 4) is 39.7 Å². The Morgan fingerprint density at radius 3 is 2.00 bits per heavy atom. The van der Waals surface area contributed by atoms with Crippen LogP contribution in [0, 0.1) is 12.1 Å². The molecule has 0 aliphatic carbocycles.